The Morgan fingerprint density at radius 2 is 2.00 bits per heavy atom. The molecule has 0 saturated carbocycles. The van der Waals surface area contributed by atoms with Crippen LogP contribution >= 0.6 is 11.6 Å². The van der Waals surface area contributed by atoms with Crippen LogP contribution in [0.15, 0.2) is 42.5 Å². The van der Waals surface area contributed by atoms with Gasteiger partial charge in [0.25, 0.3) is 11.6 Å². The van der Waals surface area contributed by atoms with Crippen LogP contribution in [-0.2, 0) is 14.3 Å². The average molecular weight is 405 g/mol. The first-order chi connectivity index (χ1) is 13.4. The van der Waals surface area contributed by atoms with Crippen LogP contribution in [0.2, 0.25) is 5.02 Å². The maximum Gasteiger partial charge on any atom is 0.331 e. The third-order valence-corrected chi connectivity index (χ3v) is 3.82. The summed E-state index contributed by atoms with van der Waals surface area (Å²) in [5.41, 5.74) is 0.267. The molecule has 0 aromatic heterocycles. The van der Waals surface area contributed by atoms with E-state index in [0.29, 0.717) is 17.1 Å². The highest BCUT2D eigenvalue weighted by molar-refractivity contribution is 6.31. The Morgan fingerprint density at radius 1 is 1.21 bits per heavy atom. The number of nitrogens with one attached hydrogen (secondary N) is 1. The van der Waals surface area contributed by atoms with Gasteiger partial charge in [-0.1, -0.05) is 17.7 Å². The molecule has 0 aliphatic carbocycles. The SMILES string of the molecule is O=C(COC(=O)/C=C/c1ccc2c(c1)OCO2)Nc1ccc(Cl)cc1[N+](=O)[O-]. The van der Waals surface area contributed by atoms with E-state index >= 15 is 0 Å². The zero-order chi connectivity index (χ0) is 20.1. The number of carbonyl (C=O) groups excluding carboxylic acids is 2. The van der Waals surface area contributed by atoms with E-state index in [9.17, 15) is 19.7 Å². The van der Waals surface area contributed by atoms with Crippen molar-refractivity contribution in [2.24, 2.45) is 0 Å². The van der Waals surface area contributed by atoms with Gasteiger partial charge >= 0.3 is 5.97 Å². The summed E-state index contributed by atoms with van der Waals surface area (Å²) in [5, 5.41) is 13.5. The quantitative estimate of drug-likeness (QED) is 0.340. The zero-order valence-electron chi connectivity index (χ0n) is 14.2. The molecular formula is C18H13ClN2O7. The van der Waals surface area contributed by atoms with Gasteiger partial charge in [-0.15, -0.1) is 0 Å². The molecule has 0 saturated heterocycles. The first-order valence-corrected chi connectivity index (χ1v) is 8.28. The van der Waals surface area contributed by atoms with Crippen molar-refractivity contribution in [1.82, 2.24) is 0 Å². The summed E-state index contributed by atoms with van der Waals surface area (Å²) in [6.45, 7) is -0.463. The Balaban J connectivity index is 1.53. The van der Waals surface area contributed by atoms with Gasteiger partial charge in [0.1, 0.15) is 5.69 Å². The number of hydrogen-bond donors (Lipinski definition) is 1. The fourth-order valence-corrected chi connectivity index (χ4v) is 2.48. The van der Waals surface area contributed by atoms with Gasteiger partial charge in [-0.25, -0.2) is 4.79 Å². The van der Waals surface area contributed by atoms with Crippen molar-refractivity contribution in [2.75, 3.05) is 18.7 Å². The van der Waals surface area contributed by atoms with Crippen molar-refractivity contribution in [3.63, 3.8) is 0 Å². The van der Waals surface area contributed by atoms with E-state index in [2.05, 4.69) is 5.32 Å². The van der Waals surface area contributed by atoms with E-state index in [1.165, 1.54) is 18.2 Å². The minimum atomic E-state index is -0.751. The Kier molecular flexibility index (Phi) is 5.75. The van der Waals surface area contributed by atoms with Crippen LogP contribution in [0.4, 0.5) is 11.4 Å². The van der Waals surface area contributed by atoms with Gasteiger partial charge in [-0.05, 0) is 35.9 Å². The molecule has 0 atom stereocenters. The lowest BCUT2D eigenvalue weighted by Gasteiger charge is -2.06. The Morgan fingerprint density at radius 3 is 2.79 bits per heavy atom. The van der Waals surface area contributed by atoms with Gasteiger partial charge in [-0.2, -0.15) is 0 Å². The second kappa shape index (κ2) is 8.40. The number of benzene rings is 2. The van der Waals surface area contributed by atoms with Gasteiger partial charge in [0.05, 0.1) is 4.92 Å². The molecule has 1 aliphatic rings. The molecule has 144 valence electrons. The smallest absolute Gasteiger partial charge is 0.331 e. The molecule has 0 radical (unpaired) electrons. The highest BCUT2D eigenvalue weighted by atomic mass is 35.5. The highest BCUT2D eigenvalue weighted by Crippen LogP contribution is 2.32. The van der Waals surface area contributed by atoms with Gasteiger partial charge in [0, 0.05) is 17.2 Å². The fourth-order valence-electron chi connectivity index (χ4n) is 2.31. The predicted octanol–water partition coefficient (Wildman–Crippen LogP) is 3.17. The summed E-state index contributed by atoms with van der Waals surface area (Å²) in [6.07, 6.45) is 2.64. The molecule has 10 heteroatoms. The lowest BCUT2D eigenvalue weighted by atomic mass is 10.2. The number of nitro groups is 1. The second-order valence-electron chi connectivity index (χ2n) is 5.52. The number of halogens is 1. The summed E-state index contributed by atoms with van der Waals surface area (Å²) in [6, 6.07) is 8.92. The molecule has 0 bridgehead atoms. The summed E-state index contributed by atoms with van der Waals surface area (Å²) in [5.74, 6) is -0.291. The molecule has 1 amide bonds. The van der Waals surface area contributed by atoms with E-state index in [-0.39, 0.29) is 23.2 Å². The number of hydrogen-bond acceptors (Lipinski definition) is 7. The van der Waals surface area contributed by atoms with Gasteiger partial charge in [0.2, 0.25) is 6.79 Å². The first kappa shape index (κ1) is 19.2. The predicted molar refractivity (Wildman–Crippen MR) is 99.3 cm³/mol. The van der Waals surface area contributed by atoms with Crippen LogP contribution in [0.3, 0.4) is 0 Å². The topological polar surface area (TPSA) is 117 Å². The molecule has 0 fully saturated rings. The van der Waals surface area contributed by atoms with E-state index < -0.39 is 23.4 Å². The molecule has 1 aliphatic heterocycles. The van der Waals surface area contributed by atoms with Gasteiger partial charge in [-0.3, -0.25) is 14.9 Å². The molecule has 2 aromatic rings. The van der Waals surface area contributed by atoms with E-state index in [1.807, 2.05) is 0 Å². The van der Waals surface area contributed by atoms with Crippen LogP contribution in [0.1, 0.15) is 5.56 Å². The number of carbonyl (C=O) groups is 2. The molecule has 0 unspecified atom stereocenters. The number of esters is 1. The monoisotopic (exact) mass is 404 g/mol. The van der Waals surface area contributed by atoms with Gasteiger partial charge < -0.3 is 19.5 Å². The van der Waals surface area contributed by atoms with Crippen molar-refractivity contribution in [3.8, 4) is 11.5 Å². The zero-order valence-corrected chi connectivity index (χ0v) is 15.0. The van der Waals surface area contributed by atoms with Crippen molar-refractivity contribution in [3.05, 3.63) is 63.2 Å². The third-order valence-electron chi connectivity index (χ3n) is 3.58. The minimum Gasteiger partial charge on any atom is -0.454 e. The minimum absolute atomic E-state index is 0.0497. The molecule has 1 heterocycles. The standard InChI is InChI=1S/C18H13ClN2O7/c19-12-3-4-13(14(8-12)21(24)25)20-17(22)9-26-18(23)6-2-11-1-5-15-16(7-11)28-10-27-15/h1-8H,9-10H2,(H,20,22)/b6-2+. The lowest BCUT2D eigenvalue weighted by Crippen LogP contribution is -2.20. The maximum atomic E-state index is 11.9. The number of nitrogens with zero attached hydrogens (tertiary/aromatic N) is 1. The second-order valence-corrected chi connectivity index (χ2v) is 5.96. The Hall–Kier alpha value is -3.59. The first-order valence-electron chi connectivity index (χ1n) is 7.90. The average Bonchev–Trinajstić information content (AvgIpc) is 3.13. The molecule has 2 aromatic carbocycles. The third kappa shape index (κ3) is 4.77. The fraction of sp³-hybridized carbons (Fsp3) is 0.111. The van der Waals surface area contributed by atoms with Crippen LogP contribution < -0.4 is 14.8 Å². The highest BCUT2D eigenvalue weighted by Gasteiger charge is 2.17. The summed E-state index contributed by atoms with van der Waals surface area (Å²) in [4.78, 5) is 34.0. The van der Waals surface area contributed by atoms with Crippen molar-refractivity contribution < 1.29 is 28.7 Å². The molecule has 0 spiro atoms. The summed E-state index contributed by atoms with van der Waals surface area (Å²) >= 11 is 5.71. The number of fused-ring (bicyclic) bond motifs is 1. The molecule has 1 N–H and O–H groups in total. The number of rotatable bonds is 6. The summed E-state index contributed by atoms with van der Waals surface area (Å²) < 4.78 is 15.2. The normalized spacial score (nSPS) is 12.0. The van der Waals surface area contributed by atoms with Gasteiger partial charge in [0.15, 0.2) is 18.1 Å². The van der Waals surface area contributed by atoms with E-state index in [0.717, 1.165) is 12.1 Å². The maximum absolute atomic E-state index is 11.9. The van der Waals surface area contributed by atoms with Crippen LogP contribution in [0.25, 0.3) is 6.08 Å². The van der Waals surface area contributed by atoms with Crippen LogP contribution in [-0.4, -0.2) is 30.2 Å². The largest absolute Gasteiger partial charge is 0.454 e. The van der Waals surface area contributed by atoms with Crippen molar-refractivity contribution >= 4 is 40.9 Å². The van der Waals surface area contributed by atoms with E-state index in [1.54, 1.807) is 18.2 Å². The summed E-state index contributed by atoms with van der Waals surface area (Å²) in [7, 11) is 0. The van der Waals surface area contributed by atoms with Crippen molar-refractivity contribution in [1.29, 1.82) is 0 Å². The van der Waals surface area contributed by atoms with E-state index in [4.69, 9.17) is 25.8 Å². The molecular weight excluding hydrogens is 392 g/mol. The molecule has 3 rings (SSSR count). The lowest BCUT2D eigenvalue weighted by molar-refractivity contribution is -0.383. The van der Waals surface area contributed by atoms with Crippen LogP contribution in [0, 0.1) is 10.1 Å². The number of anilines is 1. The number of nitro benzene ring substituents is 1. The number of amides is 1. The Bertz CT molecular complexity index is 974. The number of ether oxygens (including phenoxy) is 3. The van der Waals surface area contributed by atoms with Crippen LogP contribution in [0.5, 0.6) is 11.5 Å². The van der Waals surface area contributed by atoms with Crippen molar-refractivity contribution in [2.45, 2.75) is 0 Å². The molecule has 9 nitrogen and oxygen atoms in total. The molecule has 28 heavy (non-hydrogen) atoms. The Labute approximate surface area is 163 Å².